The van der Waals surface area contributed by atoms with E-state index in [-0.39, 0.29) is 18.1 Å². The average Bonchev–Trinajstić information content (AvgIpc) is 3.22. The molecule has 1 amide bonds. The summed E-state index contributed by atoms with van der Waals surface area (Å²) >= 11 is 0. The Balaban J connectivity index is 0.000000257. The minimum Gasteiger partial charge on any atom is -0.469 e. The summed E-state index contributed by atoms with van der Waals surface area (Å²) in [7, 11) is 1.43. The molecule has 0 aromatic carbocycles. The van der Waals surface area contributed by atoms with E-state index < -0.39 is 5.60 Å². The molecular formula is C18H32N2O5. The van der Waals surface area contributed by atoms with E-state index in [1.807, 2.05) is 20.8 Å². The highest BCUT2D eigenvalue weighted by molar-refractivity contribution is 5.74. The second-order valence-corrected chi connectivity index (χ2v) is 7.43. The highest BCUT2D eigenvalue weighted by Crippen LogP contribution is 2.19. The zero-order valence-electron chi connectivity index (χ0n) is 15.9. The molecule has 2 aliphatic heterocycles. The Morgan fingerprint density at radius 2 is 1.96 bits per heavy atom. The monoisotopic (exact) mass is 356 g/mol. The number of rotatable bonds is 4. The number of methoxy groups -OCH3 is 1. The number of amides is 1. The van der Waals surface area contributed by atoms with Gasteiger partial charge in [-0.3, -0.25) is 9.69 Å². The smallest absolute Gasteiger partial charge is 0.410 e. The Bertz CT molecular complexity index is 441. The molecule has 2 heterocycles. The number of carbonyl (C=O) groups is 3. The van der Waals surface area contributed by atoms with Gasteiger partial charge >= 0.3 is 12.1 Å². The van der Waals surface area contributed by atoms with Crippen molar-refractivity contribution in [3.05, 3.63) is 0 Å². The number of hydrogen-bond acceptors (Lipinski definition) is 6. The summed E-state index contributed by atoms with van der Waals surface area (Å²) in [5, 5.41) is 3.33. The molecule has 2 fully saturated rings. The Morgan fingerprint density at radius 3 is 2.48 bits per heavy atom. The SMILES string of the molecule is CC(C)(C)OC(=O)N1CCC[C@H]1C=O.COC(=O)CC[C@@H]1CCCN1. The first-order chi connectivity index (χ1) is 11.8. The molecule has 7 heteroatoms. The molecule has 1 N–H and O–H groups in total. The van der Waals surface area contributed by atoms with Crippen molar-refractivity contribution in [2.75, 3.05) is 20.2 Å². The van der Waals surface area contributed by atoms with E-state index in [1.54, 1.807) is 0 Å². The third-order valence-corrected chi connectivity index (χ3v) is 4.17. The lowest BCUT2D eigenvalue weighted by Crippen LogP contribution is -2.40. The molecule has 2 aliphatic rings. The number of ether oxygens (including phenoxy) is 2. The maximum absolute atomic E-state index is 11.6. The Labute approximate surface area is 150 Å². The minimum atomic E-state index is -0.493. The van der Waals surface area contributed by atoms with Gasteiger partial charge in [-0.1, -0.05) is 0 Å². The van der Waals surface area contributed by atoms with E-state index >= 15 is 0 Å². The van der Waals surface area contributed by atoms with Gasteiger partial charge in [0.1, 0.15) is 11.9 Å². The molecule has 0 saturated carbocycles. The molecule has 0 spiro atoms. The van der Waals surface area contributed by atoms with Gasteiger partial charge in [-0.2, -0.15) is 0 Å². The highest BCUT2D eigenvalue weighted by Gasteiger charge is 2.31. The van der Waals surface area contributed by atoms with Crippen LogP contribution >= 0.6 is 0 Å². The average molecular weight is 356 g/mol. The van der Waals surface area contributed by atoms with Crippen molar-refractivity contribution in [1.82, 2.24) is 10.2 Å². The summed E-state index contributed by atoms with van der Waals surface area (Å²) in [6.07, 6.45) is 5.98. The molecule has 2 atom stereocenters. The number of hydrogen-bond donors (Lipinski definition) is 1. The van der Waals surface area contributed by atoms with E-state index in [1.165, 1.54) is 24.9 Å². The van der Waals surface area contributed by atoms with Crippen LogP contribution in [0.15, 0.2) is 0 Å². The van der Waals surface area contributed by atoms with Gasteiger partial charge in [0.15, 0.2) is 0 Å². The van der Waals surface area contributed by atoms with Crippen LogP contribution in [0.5, 0.6) is 0 Å². The Hall–Kier alpha value is -1.63. The van der Waals surface area contributed by atoms with Gasteiger partial charge in [0.05, 0.1) is 13.2 Å². The molecule has 2 saturated heterocycles. The van der Waals surface area contributed by atoms with Crippen LogP contribution in [0.1, 0.15) is 59.3 Å². The van der Waals surface area contributed by atoms with Crippen LogP contribution in [0, 0.1) is 0 Å². The summed E-state index contributed by atoms with van der Waals surface area (Å²) in [5.74, 6) is -0.0984. The topological polar surface area (TPSA) is 84.9 Å². The third kappa shape index (κ3) is 8.34. The molecule has 0 radical (unpaired) electrons. The molecular weight excluding hydrogens is 324 g/mol. The van der Waals surface area contributed by atoms with Gasteiger partial charge in [0, 0.05) is 19.0 Å². The normalized spacial score (nSPS) is 22.8. The number of likely N-dealkylation sites (tertiary alicyclic amines) is 1. The standard InChI is InChI=1S/C10H17NO3.C8H15NO2/c1-10(2,3)14-9(13)11-6-4-5-8(11)7-12;1-11-8(10)5-4-7-3-2-6-9-7/h7-8H,4-6H2,1-3H3;7,9H,2-6H2,1H3/t8-;7-/m00/s1. The number of nitrogens with one attached hydrogen (secondary N) is 1. The van der Waals surface area contributed by atoms with Crippen molar-refractivity contribution in [1.29, 1.82) is 0 Å². The Kier molecular flexibility index (Phi) is 8.89. The second kappa shape index (κ2) is 10.4. The van der Waals surface area contributed by atoms with Crippen molar-refractivity contribution in [3.8, 4) is 0 Å². The van der Waals surface area contributed by atoms with Crippen LogP contribution in [0.4, 0.5) is 4.79 Å². The van der Waals surface area contributed by atoms with Crippen molar-refractivity contribution in [2.45, 2.75) is 77.0 Å². The third-order valence-electron chi connectivity index (χ3n) is 4.17. The van der Waals surface area contributed by atoms with Gasteiger partial charge in [0.25, 0.3) is 0 Å². The van der Waals surface area contributed by atoms with Gasteiger partial charge < -0.3 is 19.6 Å². The molecule has 144 valence electrons. The molecule has 0 aromatic rings. The summed E-state index contributed by atoms with van der Waals surface area (Å²) in [4.78, 5) is 34.4. The van der Waals surface area contributed by atoms with Crippen molar-refractivity contribution in [3.63, 3.8) is 0 Å². The molecule has 2 rings (SSSR count). The number of nitrogens with zero attached hydrogens (tertiary/aromatic N) is 1. The van der Waals surface area contributed by atoms with Crippen molar-refractivity contribution >= 4 is 18.3 Å². The van der Waals surface area contributed by atoms with Gasteiger partial charge in [-0.05, 0) is 59.4 Å². The quantitative estimate of drug-likeness (QED) is 0.614. The fourth-order valence-electron chi connectivity index (χ4n) is 2.88. The fourth-order valence-corrected chi connectivity index (χ4v) is 2.88. The number of aldehydes is 1. The predicted molar refractivity (Wildman–Crippen MR) is 94.3 cm³/mol. The molecule has 0 unspecified atom stereocenters. The van der Waals surface area contributed by atoms with Crippen LogP contribution in [-0.2, 0) is 19.1 Å². The van der Waals surface area contributed by atoms with Crippen LogP contribution in [0.25, 0.3) is 0 Å². The van der Waals surface area contributed by atoms with Gasteiger partial charge in [-0.25, -0.2) is 4.79 Å². The first-order valence-corrected chi connectivity index (χ1v) is 9.02. The maximum atomic E-state index is 11.6. The number of esters is 1. The molecule has 0 aromatic heterocycles. The summed E-state index contributed by atoms with van der Waals surface area (Å²) in [5.41, 5.74) is -0.493. The molecule has 0 bridgehead atoms. The predicted octanol–water partition coefficient (Wildman–Crippen LogP) is 2.28. The van der Waals surface area contributed by atoms with Crippen LogP contribution < -0.4 is 5.32 Å². The van der Waals surface area contributed by atoms with E-state index in [9.17, 15) is 14.4 Å². The zero-order valence-corrected chi connectivity index (χ0v) is 15.9. The lowest BCUT2D eigenvalue weighted by molar-refractivity contribution is -0.140. The van der Waals surface area contributed by atoms with Crippen molar-refractivity contribution in [2.24, 2.45) is 0 Å². The van der Waals surface area contributed by atoms with E-state index in [4.69, 9.17) is 4.74 Å². The van der Waals surface area contributed by atoms with E-state index in [0.717, 1.165) is 32.1 Å². The maximum Gasteiger partial charge on any atom is 0.410 e. The van der Waals surface area contributed by atoms with E-state index in [0.29, 0.717) is 19.0 Å². The van der Waals surface area contributed by atoms with Crippen LogP contribution in [0.3, 0.4) is 0 Å². The first-order valence-electron chi connectivity index (χ1n) is 9.02. The highest BCUT2D eigenvalue weighted by atomic mass is 16.6. The van der Waals surface area contributed by atoms with Crippen LogP contribution in [-0.4, -0.2) is 61.1 Å². The summed E-state index contributed by atoms with van der Waals surface area (Å²) in [6, 6.07) is 0.263. The lowest BCUT2D eigenvalue weighted by atomic mass is 10.1. The summed E-state index contributed by atoms with van der Waals surface area (Å²) < 4.78 is 9.73. The van der Waals surface area contributed by atoms with E-state index in [2.05, 4.69) is 10.1 Å². The number of carbonyl (C=O) groups excluding carboxylic acids is 3. The largest absolute Gasteiger partial charge is 0.469 e. The molecule has 25 heavy (non-hydrogen) atoms. The molecule has 7 nitrogen and oxygen atoms in total. The summed E-state index contributed by atoms with van der Waals surface area (Å²) in [6.45, 7) is 7.18. The zero-order chi connectivity index (χ0) is 18.9. The molecule has 0 aliphatic carbocycles. The minimum absolute atomic E-state index is 0.0984. The first kappa shape index (κ1) is 21.4. The van der Waals surface area contributed by atoms with Gasteiger partial charge in [-0.15, -0.1) is 0 Å². The fraction of sp³-hybridized carbons (Fsp3) is 0.833. The van der Waals surface area contributed by atoms with Crippen molar-refractivity contribution < 1.29 is 23.9 Å². The van der Waals surface area contributed by atoms with Crippen LogP contribution in [0.2, 0.25) is 0 Å². The lowest BCUT2D eigenvalue weighted by Gasteiger charge is -2.26. The van der Waals surface area contributed by atoms with Gasteiger partial charge in [0.2, 0.25) is 0 Å². The second-order valence-electron chi connectivity index (χ2n) is 7.43. The Morgan fingerprint density at radius 1 is 1.24 bits per heavy atom.